The van der Waals surface area contributed by atoms with Gasteiger partial charge in [0, 0.05) is 32.1 Å². The van der Waals surface area contributed by atoms with Crippen molar-refractivity contribution in [2.24, 2.45) is 21.1 Å². The second kappa shape index (κ2) is 9.60. The number of thiazole rings is 1. The number of nitrogens with zero attached hydrogens (tertiary/aromatic N) is 5. The summed E-state index contributed by atoms with van der Waals surface area (Å²) in [5.74, 6) is -0.192. The Morgan fingerprint density at radius 2 is 1.67 bits per heavy atom. The largest absolute Gasteiger partial charge is 0.488 e. The summed E-state index contributed by atoms with van der Waals surface area (Å²) in [5, 5.41) is 5.29. The standard InChI is InChI=1S/C22H22Cl2N6O5S/c1-10(2)35-17-12(23)6-11(7-13(17)24)14-9-36-20(25-14)26-15(31)8-30-16-18(28(4)22(30)34)27(3)21(33)29(5)19(16)32/h6-7,9-10H,8H2,1-5H3,(H,25,26,31). The van der Waals surface area contributed by atoms with Crippen LogP contribution in [0.1, 0.15) is 13.8 Å². The monoisotopic (exact) mass is 552 g/mol. The van der Waals surface area contributed by atoms with Crippen molar-refractivity contribution in [1.82, 2.24) is 23.3 Å². The van der Waals surface area contributed by atoms with Gasteiger partial charge in [-0.15, -0.1) is 11.3 Å². The molecule has 1 N–H and O–H groups in total. The minimum Gasteiger partial charge on any atom is -0.488 e. The maximum atomic E-state index is 12.8. The summed E-state index contributed by atoms with van der Waals surface area (Å²) in [6, 6.07) is 3.34. The summed E-state index contributed by atoms with van der Waals surface area (Å²) in [5.41, 5.74) is -0.621. The number of imidazole rings is 1. The molecule has 11 nitrogen and oxygen atoms in total. The van der Waals surface area contributed by atoms with Gasteiger partial charge in [0.1, 0.15) is 6.54 Å². The van der Waals surface area contributed by atoms with Crippen molar-refractivity contribution in [2.75, 3.05) is 5.32 Å². The Kier molecular flexibility index (Phi) is 6.86. The number of amides is 1. The summed E-state index contributed by atoms with van der Waals surface area (Å²) in [6.07, 6.45) is -0.105. The lowest BCUT2D eigenvalue weighted by molar-refractivity contribution is -0.116. The molecule has 3 aromatic heterocycles. The maximum absolute atomic E-state index is 12.8. The van der Waals surface area contributed by atoms with E-state index >= 15 is 0 Å². The maximum Gasteiger partial charge on any atom is 0.332 e. The average Bonchev–Trinajstić information content (AvgIpc) is 3.37. The van der Waals surface area contributed by atoms with E-state index in [9.17, 15) is 19.2 Å². The van der Waals surface area contributed by atoms with Crippen LogP contribution in [0.5, 0.6) is 5.75 Å². The first-order valence-corrected chi connectivity index (χ1v) is 12.3. The fourth-order valence-corrected chi connectivity index (χ4v) is 5.08. The van der Waals surface area contributed by atoms with Gasteiger partial charge in [0.2, 0.25) is 5.91 Å². The van der Waals surface area contributed by atoms with E-state index in [2.05, 4.69) is 10.3 Å². The van der Waals surface area contributed by atoms with Crippen LogP contribution in [-0.2, 0) is 32.5 Å². The number of fused-ring (bicyclic) bond motifs is 1. The molecule has 0 aliphatic heterocycles. The first-order chi connectivity index (χ1) is 16.9. The predicted molar refractivity (Wildman–Crippen MR) is 140 cm³/mol. The van der Waals surface area contributed by atoms with Crippen LogP contribution in [0.2, 0.25) is 10.0 Å². The zero-order valence-electron chi connectivity index (χ0n) is 20.0. The molecule has 0 atom stereocenters. The molecule has 0 spiro atoms. The normalized spacial score (nSPS) is 11.4. The minimum atomic E-state index is -0.672. The van der Waals surface area contributed by atoms with Crippen LogP contribution in [-0.4, -0.2) is 35.3 Å². The van der Waals surface area contributed by atoms with Gasteiger partial charge in [-0.05, 0) is 26.0 Å². The Hall–Kier alpha value is -3.35. The summed E-state index contributed by atoms with van der Waals surface area (Å²) in [7, 11) is 4.19. The smallest absolute Gasteiger partial charge is 0.332 e. The quantitative estimate of drug-likeness (QED) is 0.392. The number of aryl methyl sites for hydroxylation is 2. The lowest BCUT2D eigenvalue weighted by atomic mass is 10.1. The number of anilines is 1. The molecule has 0 radical (unpaired) electrons. The number of ether oxygens (including phenoxy) is 1. The number of carbonyl (C=O) groups is 1. The molecule has 190 valence electrons. The van der Waals surface area contributed by atoms with Gasteiger partial charge in [0.05, 0.1) is 21.8 Å². The van der Waals surface area contributed by atoms with E-state index in [1.807, 2.05) is 13.8 Å². The lowest BCUT2D eigenvalue weighted by Crippen LogP contribution is -2.38. The van der Waals surface area contributed by atoms with Crippen molar-refractivity contribution in [3.05, 3.63) is 58.9 Å². The molecule has 0 unspecified atom stereocenters. The summed E-state index contributed by atoms with van der Waals surface area (Å²) in [4.78, 5) is 55.0. The Bertz CT molecular complexity index is 1670. The Balaban J connectivity index is 1.61. The predicted octanol–water partition coefficient (Wildman–Crippen LogP) is 2.59. The summed E-state index contributed by atoms with van der Waals surface area (Å²) < 4.78 is 9.91. The van der Waals surface area contributed by atoms with Crippen molar-refractivity contribution in [2.45, 2.75) is 26.5 Å². The zero-order valence-corrected chi connectivity index (χ0v) is 22.3. The third kappa shape index (κ3) is 4.47. The zero-order chi connectivity index (χ0) is 26.5. The van der Waals surface area contributed by atoms with Gasteiger partial charge in [-0.3, -0.25) is 27.9 Å². The van der Waals surface area contributed by atoms with Gasteiger partial charge in [0.15, 0.2) is 22.0 Å². The fourth-order valence-electron chi connectivity index (χ4n) is 3.77. The van der Waals surface area contributed by atoms with E-state index in [1.165, 1.54) is 37.0 Å². The van der Waals surface area contributed by atoms with E-state index in [4.69, 9.17) is 27.9 Å². The number of benzene rings is 1. The van der Waals surface area contributed by atoms with Crippen LogP contribution in [0.25, 0.3) is 22.4 Å². The second-order valence-corrected chi connectivity index (χ2v) is 10.00. The van der Waals surface area contributed by atoms with Gasteiger partial charge in [-0.1, -0.05) is 23.2 Å². The van der Waals surface area contributed by atoms with E-state index in [-0.39, 0.29) is 22.4 Å². The molecule has 1 aromatic carbocycles. The number of carbonyl (C=O) groups excluding carboxylic acids is 1. The highest BCUT2D eigenvalue weighted by Crippen LogP contribution is 2.38. The number of hydrogen-bond donors (Lipinski definition) is 1. The van der Waals surface area contributed by atoms with Crippen molar-refractivity contribution >= 4 is 56.7 Å². The minimum absolute atomic E-state index is 0.0462. The Morgan fingerprint density at radius 3 is 2.28 bits per heavy atom. The Labute approximate surface area is 218 Å². The first kappa shape index (κ1) is 25.7. The summed E-state index contributed by atoms with van der Waals surface area (Å²) in [6.45, 7) is 3.28. The third-order valence-corrected chi connectivity index (χ3v) is 6.74. The third-order valence-electron chi connectivity index (χ3n) is 5.42. The Morgan fingerprint density at radius 1 is 1.06 bits per heavy atom. The van der Waals surface area contributed by atoms with E-state index < -0.39 is 29.4 Å². The fraction of sp³-hybridized carbons (Fsp3) is 0.318. The number of hydrogen-bond acceptors (Lipinski definition) is 7. The van der Waals surface area contributed by atoms with Gasteiger partial charge >= 0.3 is 11.4 Å². The molecule has 4 aromatic rings. The lowest BCUT2D eigenvalue weighted by Gasteiger charge is -2.13. The van der Waals surface area contributed by atoms with Crippen LogP contribution in [0, 0.1) is 0 Å². The van der Waals surface area contributed by atoms with Crippen molar-refractivity contribution in [3.8, 4) is 17.0 Å². The molecule has 0 aliphatic rings. The van der Waals surface area contributed by atoms with E-state index in [0.29, 0.717) is 27.1 Å². The molecule has 1 amide bonds. The van der Waals surface area contributed by atoms with Crippen molar-refractivity contribution < 1.29 is 9.53 Å². The SMILES string of the molecule is CC(C)Oc1c(Cl)cc(-c2csc(NC(=O)Cn3c(=O)n(C)c4c3c(=O)n(C)c(=O)n4C)n2)cc1Cl. The van der Waals surface area contributed by atoms with Gasteiger partial charge in [-0.25, -0.2) is 14.6 Å². The molecule has 36 heavy (non-hydrogen) atoms. The molecular formula is C22H22Cl2N6O5S. The number of nitrogens with one attached hydrogen (secondary N) is 1. The highest BCUT2D eigenvalue weighted by Gasteiger charge is 2.22. The molecular weight excluding hydrogens is 531 g/mol. The van der Waals surface area contributed by atoms with Gasteiger partial charge in [-0.2, -0.15) is 0 Å². The molecule has 0 saturated heterocycles. The summed E-state index contributed by atoms with van der Waals surface area (Å²) >= 11 is 13.8. The molecule has 0 fully saturated rings. The topological polar surface area (TPSA) is 122 Å². The van der Waals surface area contributed by atoms with E-state index in [0.717, 1.165) is 13.7 Å². The van der Waals surface area contributed by atoms with Crippen LogP contribution in [0.4, 0.5) is 5.13 Å². The molecule has 14 heteroatoms. The highest BCUT2D eigenvalue weighted by atomic mass is 35.5. The first-order valence-electron chi connectivity index (χ1n) is 10.7. The number of halogens is 2. The van der Waals surface area contributed by atoms with Crippen LogP contribution >= 0.6 is 34.5 Å². The van der Waals surface area contributed by atoms with Crippen molar-refractivity contribution in [1.29, 1.82) is 0 Å². The van der Waals surface area contributed by atoms with Crippen molar-refractivity contribution in [3.63, 3.8) is 0 Å². The highest BCUT2D eigenvalue weighted by molar-refractivity contribution is 7.14. The molecule has 3 heterocycles. The molecule has 0 saturated carbocycles. The second-order valence-electron chi connectivity index (χ2n) is 8.33. The van der Waals surface area contributed by atoms with Crippen LogP contribution in [0.15, 0.2) is 31.9 Å². The number of aromatic nitrogens is 5. The van der Waals surface area contributed by atoms with Gasteiger partial charge in [0.25, 0.3) is 5.56 Å². The van der Waals surface area contributed by atoms with E-state index in [1.54, 1.807) is 17.5 Å². The van der Waals surface area contributed by atoms with Crippen LogP contribution < -0.4 is 27.0 Å². The van der Waals surface area contributed by atoms with Gasteiger partial charge < -0.3 is 10.1 Å². The molecule has 0 aliphatic carbocycles. The van der Waals surface area contributed by atoms with Crippen LogP contribution in [0.3, 0.4) is 0 Å². The number of rotatable bonds is 6. The molecule has 0 bridgehead atoms. The molecule has 4 rings (SSSR count). The average molecular weight is 553 g/mol.